The average molecular weight is 321 g/mol. The van der Waals surface area contributed by atoms with Crippen LogP contribution in [-0.4, -0.2) is 20.1 Å². The predicted octanol–water partition coefficient (Wildman–Crippen LogP) is 3.50. The van der Waals surface area contributed by atoms with Gasteiger partial charge in [-0.3, -0.25) is 4.72 Å². The van der Waals surface area contributed by atoms with Crippen LogP contribution in [0.15, 0.2) is 12.1 Å². The minimum atomic E-state index is -3.58. The summed E-state index contributed by atoms with van der Waals surface area (Å²) in [7, 11) is -3.58. The standard InChI is InChI=1S/C9H9Cl3FNO2S/c10-2-1-3-17(15,16)14-9-7(11)4-6(13)5-8(9)12/h4-5,14H,1-3H2. The van der Waals surface area contributed by atoms with Gasteiger partial charge in [-0.15, -0.1) is 11.6 Å². The molecule has 0 bridgehead atoms. The van der Waals surface area contributed by atoms with Gasteiger partial charge in [-0.25, -0.2) is 12.8 Å². The Balaban J connectivity index is 2.96. The van der Waals surface area contributed by atoms with E-state index in [1.807, 2.05) is 0 Å². The van der Waals surface area contributed by atoms with Crippen molar-refractivity contribution in [1.82, 2.24) is 0 Å². The first-order chi connectivity index (χ1) is 7.85. The molecule has 0 radical (unpaired) electrons. The lowest BCUT2D eigenvalue weighted by Gasteiger charge is -2.10. The van der Waals surface area contributed by atoms with Crippen molar-refractivity contribution < 1.29 is 12.8 Å². The Bertz CT molecular complexity index is 484. The second kappa shape index (κ2) is 6.09. The molecule has 0 atom stereocenters. The maximum absolute atomic E-state index is 12.9. The molecule has 0 saturated carbocycles. The third-order valence-electron chi connectivity index (χ3n) is 1.81. The average Bonchev–Trinajstić information content (AvgIpc) is 2.21. The number of alkyl halides is 1. The van der Waals surface area contributed by atoms with Gasteiger partial charge < -0.3 is 0 Å². The van der Waals surface area contributed by atoms with Gasteiger partial charge in [0.2, 0.25) is 10.0 Å². The predicted molar refractivity (Wildman–Crippen MR) is 69.2 cm³/mol. The van der Waals surface area contributed by atoms with Crippen LogP contribution in [-0.2, 0) is 10.0 Å². The summed E-state index contributed by atoms with van der Waals surface area (Å²) in [5, 5.41) is -0.186. The molecule has 0 spiro atoms. The fourth-order valence-electron chi connectivity index (χ4n) is 1.09. The minimum absolute atomic E-state index is 0.0238. The second-order valence-corrected chi connectivity index (χ2v) is 6.24. The van der Waals surface area contributed by atoms with Crippen LogP contribution in [0.2, 0.25) is 10.0 Å². The Morgan fingerprint density at radius 1 is 1.24 bits per heavy atom. The van der Waals surface area contributed by atoms with Crippen molar-refractivity contribution in [1.29, 1.82) is 0 Å². The summed E-state index contributed by atoms with van der Waals surface area (Å²) < 4.78 is 38.2. The highest BCUT2D eigenvalue weighted by Gasteiger charge is 2.15. The zero-order valence-corrected chi connectivity index (χ0v) is 11.6. The van der Waals surface area contributed by atoms with E-state index in [4.69, 9.17) is 34.8 Å². The number of rotatable bonds is 5. The number of hydrogen-bond donors (Lipinski definition) is 1. The Kier molecular flexibility index (Phi) is 5.31. The SMILES string of the molecule is O=S(=O)(CCCCl)Nc1c(Cl)cc(F)cc1Cl. The quantitative estimate of drug-likeness (QED) is 0.844. The number of benzene rings is 1. The van der Waals surface area contributed by atoms with Crippen LogP contribution in [0, 0.1) is 5.82 Å². The highest BCUT2D eigenvalue weighted by molar-refractivity contribution is 7.92. The number of sulfonamides is 1. The van der Waals surface area contributed by atoms with E-state index in [0.717, 1.165) is 12.1 Å². The monoisotopic (exact) mass is 319 g/mol. The zero-order chi connectivity index (χ0) is 13.1. The first-order valence-corrected chi connectivity index (χ1v) is 7.51. The van der Waals surface area contributed by atoms with Crippen LogP contribution in [0.1, 0.15) is 6.42 Å². The molecule has 8 heteroatoms. The van der Waals surface area contributed by atoms with Crippen molar-refractivity contribution in [2.45, 2.75) is 6.42 Å². The number of halogens is 4. The number of hydrogen-bond acceptors (Lipinski definition) is 2. The van der Waals surface area contributed by atoms with E-state index in [1.165, 1.54) is 0 Å². The molecule has 0 fully saturated rings. The summed E-state index contributed by atoms with van der Waals surface area (Å²) in [5.74, 6) is -0.560. The second-order valence-electron chi connectivity index (χ2n) is 3.21. The van der Waals surface area contributed by atoms with Crippen molar-refractivity contribution in [3.05, 3.63) is 28.0 Å². The third kappa shape index (κ3) is 4.50. The van der Waals surface area contributed by atoms with Crippen molar-refractivity contribution in [3.63, 3.8) is 0 Å². The van der Waals surface area contributed by atoms with Gasteiger partial charge in [0.25, 0.3) is 0 Å². The first kappa shape index (κ1) is 14.8. The van der Waals surface area contributed by atoms with Crippen LogP contribution < -0.4 is 4.72 Å². The Morgan fingerprint density at radius 2 is 1.76 bits per heavy atom. The van der Waals surface area contributed by atoms with Gasteiger partial charge in [-0.2, -0.15) is 0 Å². The molecule has 0 amide bonds. The summed E-state index contributed by atoms with van der Waals surface area (Å²) in [6, 6.07) is 1.96. The topological polar surface area (TPSA) is 46.2 Å². The normalized spacial score (nSPS) is 11.5. The molecule has 0 aliphatic carbocycles. The third-order valence-corrected chi connectivity index (χ3v) is 4.02. The Morgan fingerprint density at radius 3 is 2.24 bits per heavy atom. The van der Waals surface area contributed by atoms with E-state index in [9.17, 15) is 12.8 Å². The lowest BCUT2D eigenvalue weighted by molar-refractivity contribution is 0.599. The molecule has 0 aliphatic heterocycles. The Labute approximate surface area is 114 Å². The van der Waals surface area contributed by atoms with Gasteiger partial charge in [-0.05, 0) is 18.6 Å². The molecule has 0 aromatic heterocycles. The molecule has 0 unspecified atom stereocenters. The lowest BCUT2D eigenvalue weighted by Crippen LogP contribution is -2.17. The summed E-state index contributed by atoms with van der Waals surface area (Å²) in [6.07, 6.45) is 0.299. The summed E-state index contributed by atoms with van der Waals surface area (Å²) in [6.45, 7) is 0. The van der Waals surface area contributed by atoms with Crippen molar-refractivity contribution in [2.24, 2.45) is 0 Å². The number of anilines is 1. The molecule has 1 N–H and O–H groups in total. The molecule has 1 rings (SSSR count). The highest BCUT2D eigenvalue weighted by Crippen LogP contribution is 2.32. The summed E-state index contributed by atoms with van der Waals surface area (Å²) in [4.78, 5) is 0. The van der Waals surface area contributed by atoms with E-state index < -0.39 is 15.8 Å². The maximum atomic E-state index is 12.9. The van der Waals surface area contributed by atoms with E-state index in [2.05, 4.69) is 4.72 Å². The zero-order valence-electron chi connectivity index (χ0n) is 8.51. The van der Waals surface area contributed by atoms with Crippen LogP contribution >= 0.6 is 34.8 Å². The first-order valence-electron chi connectivity index (χ1n) is 4.57. The number of nitrogens with one attached hydrogen (secondary N) is 1. The molecule has 0 heterocycles. The molecule has 1 aromatic rings. The molecule has 0 aliphatic rings. The van der Waals surface area contributed by atoms with Crippen LogP contribution in [0.25, 0.3) is 0 Å². The fraction of sp³-hybridized carbons (Fsp3) is 0.333. The van der Waals surface area contributed by atoms with Gasteiger partial charge in [0, 0.05) is 5.88 Å². The molecule has 0 saturated heterocycles. The van der Waals surface area contributed by atoms with E-state index in [0.29, 0.717) is 6.42 Å². The van der Waals surface area contributed by atoms with Crippen molar-refractivity contribution >= 4 is 50.5 Å². The molecule has 96 valence electrons. The molecule has 1 aromatic carbocycles. The van der Waals surface area contributed by atoms with E-state index in [1.54, 1.807) is 0 Å². The van der Waals surface area contributed by atoms with Gasteiger partial charge in [0.15, 0.2) is 0 Å². The fourth-order valence-corrected chi connectivity index (χ4v) is 3.21. The van der Waals surface area contributed by atoms with Crippen LogP contribution in [0.5, 0.6) is 0 Å². The smallest absolute Gasteiger partial charge is 0.232 e. The van der Waals surface area contributed by atoms with Crippen molar-refractivity contribution in [3.8, 4) is 0 Å². The Hall–Kier alpha value is -0.230. The van der Waals surface area contributed by atoms with Gasteiger partial charge in [0.05, 0.1) is 21.5 Å². The maximum Gasteiger partial charge on any atom is 0.232 e. The van der Waals surface area contributed by atoms with Crippen molar-refractivity contribution in [2.75, 3.05) is 16.4 Å². The van der Waals surface area contributed by atoms with E-state index in [-0.39, 0.29) is 27.4 Å². The molecular formula is C9H9Cl3FNO2S. The minimum Gasteiger partial charge on any atom is -0.281 e. The van der Waals surface area contributed by atoms with Gasteiger partial charge in [0.1, 0.15) is 5.82 Å². The highest BCUT2D eigenvalue weighted by atomic mass is 35.5. The molecule has 3 nitrogen and oxygen atoms in total. The molecule has 17 heavy (non-hydrogen) atoms. The summed E-state index contributed by atoms with van der Waals surface area (Å²) >= 11 is 16.8. The summed E-state index contributed by atoms with van der Waals surface area (Å²) in [5.41, 5.74) is -0.0238. The lowest BCUT2D eigenvalue weighted by atomic mass is 10.3. The molecular weight excluding hydrogens is 312 g/mol. The largest absolute Gasteiger partial charge is 0.281 e. The van der Waals surface area contributed by atoms with E-state index >= 15 is 0 Å². The van der Waals surface area contributed by atoms with Gasteiger partial charge in [-0.1, -0.05) is 23.2 Å². The van der Waals surface area contributed by atoms with Gasteiger partial charge >= 0.3 is 0 Å². The van der Waals surface area contributed by atoms with Crippen LogP contribution in [0.3, 0.4) is 0 Å². The van der Waals surface area contributed by atoms with Crippen LogP contribution in [0.4, 0.5) is 10.1 Å².